The lowest BCUT2D eigenvalue weighted by atomic mass is 10.0. The van der Waals surface area contributed by atoms with E-state index in [2.05, 4.69) is 0 Å². The molecule has 0 radical (unpaired) electrons. The zero-order valence-electron chi connectivity index (χ0n) is 7.55. The summed E-state index contributed by atoms with van der Waals surface area (Å²) in [5.74, 6) is -0.0400. The Balaban J connectivity index is 2.77. The van der Waals surface area contributed by atoms with Crippen molar-refractivity contribution in [1.82, 2.24) is 0 Å². The molecular formula is C11H7F3O. The van der Waals surface area contributed by atoms with Crippen LogP contribution in [-0.2, 0) is 6.18 Å². The van der Waals surface area contributed by atoms with Gasteiger partial charge in [0.15, 0.2) is 0 Å². The molecule has 0 heterocycles. The van der Waals surface area contributed by atoms with E-state index in [0.717, 1.165) is 6.07 Å². The quantitative estimate of drug-likeness (QED) is 0.707. The van der Waals surface area contributed by atoms with Gasteiger partial charge in [0.1, 0.15) is 5.75 Å². The van der Waals surface area contributed by atoms with Gasteiger partial charge in [0, 0.05) is 0 Å². The molecule has 1 nitrogen and oxygen atoms in total. The molecule has 0 aromatic heterocycles. The van der Waals surface area contributed by atoms with Gasteiger partial charge in [-0.15, -0.1) is 0 Å². The van der Waals surface area contributed by atoms with Gasteiger partial charge in [-0.25, -0.2) is 0 Å². The average Bonchev–Trinajstić information content (AvgIpc) is 2.15. The molecule has 0 atom stereocenters. The van der Waals surface area contributed by atoms with E-state index in [1.807, 2.05) is 0 Å². The van der Waals surface area contributed by atoms with Crippen molar-refractivity contribution >= 4 is 10.8 Å². The van der Waals surface area contributed by atoms with Crippen LogP contribution >= 0.6 is 0 Å². The number of benzene rings is 2. The van der Waals surface area contributed by atoms with E-state index in [-0.39, 0.29) is 11.1 Å². The van der Waals surface area contributed by atoms with Gasteiger partial charge in [-0.2, -0.15) is 13.2 Å². The monoisotopic (exact) mass is 212 g/mol. The van der Waals surface area contributed by atoms with E-state index in [9.17, 15) is 13.2 Å². The summed E-state index contributed by atoms with van der Waals surface area (Å²) < 4.78 is 37.7. The molecule has 0 fully saturated rings. The van der Waals surface area contributed by atoms with Crippen LogP contribution in [0.15, 0.2) is 36.4 Å². The first-order chi connectivity index (χ1) is 6.98. The van der Waals surface area contributed by atoms with Crippen LogP contribution in [0, 0.1) is 0 Å². The van der Waals surface area contributed by atoms with E-state index < -0.39 is 11.7 Å². The van der Waals surface area contributed by atoms with Gasteiger partial charge < -0.3 is 5.11 Å². The summed E-state index contributed by atoms with van der Waals surface area (Å²) in [6.07, 6.45) is -4.36. The number of phenolic OH excluding ortho intramolecular Hbond substituents is 1. The number of phenols is 1. The minimum absolute atomic E-state index is 0.0400. The third-order valence-electron chi connectivity index (χ3n) is 2.17. The van der Waals surface area contributed by atoms with Gasteiger partial charge >= 0.3 is 6.18 Å². The summed E-state index contributed by atoms with van der Waals surface area (Å²) in [5.41, 5.74) is -0.681. The molecule has 0 bridgehead atoms. The van der Waals surface area contributed by atoms with E-state index >= 15 is 0 Å². The molecular weight excluding hydrogens is 205 g/mol. The number of hydrogen-bond donors (Lipinski definition) is 1. The van der Waals surface area contributed by atoms with Crippen LogP contribution < -0.4 is 0 Å². The molecule has 0 saturated heterocycles. The number of halogens is 3. The minimum atomic E-state index is -4.36. The largest absolute Gasteiger partial charge is 0.508 e. The maximum Gasteiger partial charge on any atom is 0.417 e. The normalized spacial score (nSPS) is 11.9. The van der Waals surface area contributed by atoms with Crippen molar-refractivity contribution in [1.29, 1.82) is 0 Å². The predicted molar refractivity (Wildman–Crippen MR) is 50.6 cm³/mol. The highest BCUT2D eigenvalue weighted by atomic mass is 19.4. The van der Waals surface area contributed by atoms with Crippen molar-refractivity contribution in [2.75, 3.05) is 0 Å². The second-order valence-electron chi connectivity index (χ2n) is 3.21. The Morgan fingerprint density at radius 1 is 1.00 bits per heavy atom. The fourth-order valence-corrected chi connectivity index (χ4v) is 1.52. The number of hydrogen-bond acceptors (Lipinski definition) is 1. The van der Waals surface area contributed by atoms with Crippen LogP contribution in [0.1, 0.15) is 5.56 Å². The van der Waals surface area contributed by atoms with Crippen molar-refractivity contribution in [2.45, 2.75) is 6.18 Å². The summed E-state index contributed by atoms with van der Waals surface area (Å²) in [4.78, 5) is 0. The van der Waals surface area contributed by atoms with E-state index in [0.29, 0.717) is 5.39 Å². The molecule has 2 rings (SSSR count). The molecule has 2 aromatic rings. The van der Waals surface area contributed by atoms with Crippen molar-refractivity contribution in [3.8, 4) is 5.75 Å². The minimum Gasteiger partial charge on any atom is -0.508 e. The Hall–Kier alpha value is -1.71. The Bertz CT molecular complexity index is 503. The van der Waals surface area contributed by atoms with Crippen LogP contribution in [0.3, 0.4) is 0 Å². The molecule has 1 N–H and O–H groups in total. The first kappa shape index (κ1) is 9.83. The Morgan fingerprint density at radius 3 is 2.40 bits per heavy atom. The van der Waals surface area contributed by atoms with Gasteiger partial charge in [-0.05, 0) is 29.0 Å². The third-order valence-corrected chi connectivity index (χ3v) is 2.17. The number of aromatic hydroxyl groups is 1. The highest BCUT2D eigenvalue weighted by molar-refractivity contribution is 5.87. The molecule has 0 aliphatic heterocycles. The fourth-order valence-electron chi connectivity index (χ4n) is 1.52. The Morgan fingerprint density at radius 2 is 1.73 bits per heavy atom. The van der Waals surface area contributed by atoms with Gasteiger partial charge in [0.25, 0.3) is 0 Å². The van der Waals surface area contributed by atoms with Crippen molar-refractivity contribution < 1.29 is 18.3 Å². The third kappa shape index (κ3) is 1.75. The highest BCUT2D eigenvalue weighted by Crippen LogP contribution is 2.35. The molecule has 15 heavy (non-hydrogen) atoms. The molecule has 78 valence electrons. The lowest BCUT2D eigenvalue weighted by Crippen LogP contribution is -2.05. The summed E-state index contributed by atoms with van der Waals surface area (Å²) >= 11 is 0. The molecule has 0 unspecified atom stereocenters. The summed E-state index contributed by atoms with van der Waals surface area (Å²) in [5, 5.41) is 9.62. The molecule has 4 heteroatoms. The average molecular weight is 212 g/mol. The standard InChI is InChI=1S/C11H7F3O/c12-11(13,14)10-3-1-2-7-6-8(15)4-5-9(7)10/h1-6,15H. The predicted octanol–water partition coefficient (Wildman–Crippen LogP) is 3.56. The molecule has 0 aliphatic rings. The second kappa shape index (κ2) is 3.15. The van der Waals surface area contributed by atoms with E-state index in [1.165, 1.54) is 30.3 Å². The molecule has 0 saturated carbocycles. The first-order valence-corrected chi connectivity index (χ1v) is 4.27. The molecule has 0 amide bonds. The lowest BCUT2D eigenvalue weighted by Gasteiger charge is -2.10. The maximum absolute atomic E-state index is 12.6. The number of fused-ring (bicyclic) bond motifs is 1. The maximum atomic E-state index is 12.6. The van der Waals surface area contributed by atoms with Crippen molar-refractivity contribution in [2.24, 2.45) is 0 Å². The molecule has 0 spiro atoms. The fraction of sp³-hybridized carbons (Fsp3) is 0.0909. The summed E-state index contributed by atoms with van der Waals surface area (Å²) in [7, 11) is 0. The van der Waals surface area contributed by atoms with Crippen LogP contribution in [0.2, 0.25) is 0 Å². The lowest BCUT2D eigenvalue weighted by molar-refractivity contribution is -0.136. The van der Waals surface area contributed by atoms with Gasteiger partial charge in [0.2, 0.25) is 0 Å². The van der Waals surface area contributed by atoms with Crippen molar-refractivity contribution in [3.05, 3.63) is 42.0 Å². The Kier molecular flexibility index (Phi) is 2.07. The number of rotatable bonds is 0. The van der Waals surface area contributed by atoms with Crippen molar-refractivity contribution in [3.63, 3.8) is 0 Å². The molecule has 0 aliphatic carbocycles. The van der Waals surface area contributed by atoms with Crippen LogP contribution in [0.5, 0.6) is 5.75 Å². The first-order valence-electron chi connectivity index (χ1n) is 4.27. The van der Waals surface area contributed by atoms with Crippen LogP contribution in [0.4, 0.5) is 13.2 Å². The van der Waals surface area contributed by atoms with Crippen LogP contribution in [-0.4, -0.2) is 5.11 Å². The summed E-state index contributed by atoms with van der Waals surface area (Å²) in [6, 6.07) is 7.71. The van der Waals surface area contributed by atoms with Crippen LogP contribution in [0.25, 0.3) is 10.8 Å². The number of alkyl halides is 3. The Labute approximate surface area is 83.8 Å². The zero-order valence-corrected chi connectivity index (χ0v) is 7.55. The van der Waals surface area contributed by atoms with Gasteiger partial charge in [-0.1, -0.05) is 18.2 Å². The topological polar surface area (TPSA) is 20.2 Å². The van der Waals surface area contributed by atoms with Gasteiger partial charge in [-0.3, -0.25) is 0 Å². The van der Waals surface area contributed by atoms with Gasteiger partial charge in [0.05, 0.1) is 5.56 Å². The zero-order chi connectivity index (χ0) is 11.1. The second-order valence-corrected chi connectivity index (χ2v) is 3.21. The summed E-state index contributed by atoms with van der Waals surface area (Å²) in [6.45, 7) is 0. The molecule has 2 aromatic carbocycles. The SMILES string of the molecule is Oc1ccc2c(C(F)(F)F)cccc2c1. The smallest absolute Gasteiger partial charge is 0.417 e. The van der Waals surface area contributed by atoms with E-state index in [4.69, 9.17) is 5.11 Å². The highest BCUT2D eigenvalue weighted by Gasteiger charge is 2.32. The van der Waals surface area contributed by atoms with E-state index in [1.54, 1.807) is 0 Å².